The molecule has 0 aromatic carbocycles. The number of hydrogen-bond donors (Lipinski definition) is 1. The summed E-state index contributed by atoms with van der Waals surface area (Å²) >= 11 is 3.39. The van der Waals surface area contributed by atoms with Crippen molar-refractivity contribution in [3.63, 3.8) is 0 Å². The first kappa shape index (κ1) is 12.9. The minimum Gasteiger partial charge on any atom is -0.380 e. The van der Waals surface area contributed by atoms with E-state index >= 15 is 0 Å². The monoisotopic (exact) mass is 323 g/mol. The number of aromatic nitrogens is 2. The van der Waals surface area contributed by atoms with Gasteiger partial charge in [-0.2, -0.15) is 5.10 Å². The summed E-state index contributed by atoms with van der Waals surface area (Å²) in [5.74, 6) is 1.66. The maximum Gasteiger partial charge on any atom is 0.283 e. The average Bonchev–Trinajstić information content (AvgIpc) is 3.01. The maximum atomic E-state index is 12.1. The molecule has 5 heteroatoms. The first-order valence-electron chi connectivity index (χ1n) is 6.82. The van der Waals surface area contributed by atoms with Gasteiger partial charge in [0.25, 0.3) is 5.56 Å². The molecule has 2 aliphatic rings. The quantitative estimate of drug-likeness (QED) is 0.867. The summed E-state index contributed by atoms with van der Waals surface area (Å²) in [5.41, 5.74) is 0.718. The molecule has 2 bridgehead atoms. The number of allylic oxidation sites excluding steroid dienone is 1. The molecule has 3 unspecified atom stereocenters. The number of hydrogen-bond acceptors (Lipinski definition) is 3. The molecule has 2 fully saturated rings. The van der Waals surface area contributed by atoms with Crippen molar-refractivity contribution < 1.29 is 0 Å². The molecule has 4 nitrogen and oxygen atoms in total. The van der Waals surface area contributed by atoms with Gasteiger partial charge in [0.05, 0.1) is 18.4 Å². The summed E-state index contributed by atoms with van der Waals surface area (Å²) in [4.78, 5) is 12.1. The van der Waals surface area contributed by atoms with E-state index < -0.39 is 0 Å². The second-order valence-corrected chi connectivity index (χ2v) is 6.37. The van der Waals surface area contributed by atoms with Crippen LogP contribution in [0.3, 0.4) is 0 Å². The van der Waals surface area contributed by atoms with Crippen LogP contribution in [0.4, 0.5) is 5.69 Å². The Bertz CT molecular complexity index is 554. The zero-order valence-corrected chi connectivity index (χ0v) is 12.4. The highest BCUT2D eigenvalue weighted by Gasteiger charge is 2.39. The normalized spacial score (nSPS) is 28.6. The van der Waals surface area contributed by atoms with Gasteiger partial charge in [0, 0.05) is 6.04 Å². The first-order valence-corrected chi connectivity index (χ1v) is 7.61. The predicted octanol–water partition coefficient (Wildman–Crippen LogP) is 2.79. The molecule has 1 N–H and O–H groups in total. The maximum absolute atomic E-state index is 12.1. The van der Waals surface area contributed by atoms with Gasteiger partial charge in [-0.25, -0.2) is 4.68 Å². The fraction of sp³-hybridized carbons (Fsp3) is 0.571. The molecule has 1 aromatic heterocycles. The molecule has 3 atom stereocenters. The largest absolute Gasteiger partial charge is 0.380 e. The molecule has 102 valence electrons. The molecule has 0 spiro atoms. The number of fused-ring (bicyclic) bond motifs is 2. The van der Waals surface area contributed by atoms with Gasteiger partial charge < -0.3 is 5.32 Å². The Morgan fingerprint density at radius 2 is 2.37 bits per heavy atom. The number of anilines is 1. The van der Waals surface area contributed by atoms with E-state index in [0.717, 1.165) is 17.5 Å². The van der Waals surface area contributed by atoms with Crippen molar-refractivity contribution in [2.24, 2.45) is 11.8 Å². The molecule has 0 saturated heterocycles. The van der Waals surface area contributed by atoms with Crippen LogP contribution in [0.5, 0.6) is 0 Å². The fourth-order valence-electron chi connectivity index (χ4n) is 3.44. The van der Waals surface area contributed by atoms with Crippen molar-refractivity contribution in [2.75, 3.05) is 5.32 Å². The van der Waals surface area contributed by atoms with Gasteiger partial charge in [-0.1, -0.05) is 12.5 Å². The SMILES string of the molecule is C=CCn1ncc(NC2CC3CCC2C3)c(Br)c1=O. The summed E-state index contributed by atoms with van der Waals surface area (Å²) in [6, 6.07) is 0.506. The Kier molecular flexibility index (Phi) is 3.48. The highest BCUT2D eigenvalue weighted by atomic mass is 79.9. The summed E-state index contributed by atoms with van der Waals surface area (Å²) < 4.78 is 1.98. The number of nitrogens with zero attached hydrogens (tertiary/aromatic N) is 2. The van der Waals surface area contributed by atoms with E-state index in [1.54, 1.807) is 12.3 Å². The third-order valence-corrected chi connectivity index (χ3v) is 5.13. The zero-order valence-electron chi connectivity index (χ0n) is 10.8. The van der Waals surface area contributed by atoms with E-state index in [1.807, 2.05) is 0 Å². The topological polar surface area (TPSA) is 46.9 Å². The van der Waals surface area contributed by atoms with Crippen molar-refractivity contribution in [3.05, 3.63) is 33.7 Å². The van der Waals surface area contributed by atoms with Crippen molar-refractivity contribution >= 4 is 21.6 Å². The lowest BCUT2D eigenvalue weighted by Gasteiger charge is -2.24. The fourth-order valence-corrected chi connectivity index (χ4v) is 3.86. The second-order valence-electron chi connectivity index (χ2n) is 5.57. The Hall–Kier alpha value is -1.10. The Morgan fingerprint density at radius 1 is 1.53 bits per heavy atom. The molecule has 1 aromatic rings. The molecule has 0 aliphatic heterocycles. The van der Waals surface area contributed by atoms with Crippen LogP contribution < -0.4 is 10.9 Å². The molecule has 0 radical (unpaired) electrons. The summed E-state index contributed by atoms with van der Waals surface area (Å²) in [6.45, 7) is 4.06. The van der Waals surface area contributed by atoms with Gasteiger partial charge in [-0.15, -0.1) is 6.58 Å². The van der Waals surface area contributed by atoms with Crippen molar-refractivity contribution in [3.8, 4) is 0 Å². The zero-order chi connectivity index (χ0) is 13.4. The lowest BCUT2D eigenvalue weighted by molar-refractivity contribution is 0.439. The van der Waals surface area contributed by atoms with Crippen LogP contribution in [0.25, 0.3) is 0 Å². The average molecular weight is 324 g/mol. The lowest BCUT2D eigenvalue weighted by Crippen LogP contribution is -2.29. The molecule has 19 heavy (non-hydrogen) atoms. The van der Waals surface area contributed by atoms with Crippen LogP contribution in [-0.4, -0.2) is 15.8 Å². The smallest absolute Gasteiger partial charge is 0.283 e. The summed E-state index contributed by atoms with van der Waals surface area (Å²) in [7, 11) is 0. The van der Waals surface area contributed by atoms with Crippen LogP contribution in [-0.2, 0) is 6.54 Å². The van der Waals surface area contributed by atoms with Crippen molar-refractivity contribution in [1.29, 1.82) is 0 Å². The number of rotatable bonds is 4. The Balaban J connectivity index is 1.80. The second kappa shape index (κ2) is 5.12. The van der Waals surface area contributed by atoms with E-state index in [4.69, 9.17) is 0 Å². The van der Waals surface area contributed by atoms with Crippen LogP contribution in [0.1, 0.15) is 25.7 Å². The van der Waals surface area contributed by atoms with E-state index in [-0.39, 0.29) is 5.56 Å². The molecular weight excluding hydrogens is 306 g/mol. The highest BCUT2D eigenvalue weighted by Crippen LogP contribution is 2.45. The Labute approximate surface area is 121 Å². The van der Waals surface area contributed by atoms with Crippen molar-refractivity contribution in [2.45, 2.75) is 38.3 Å². The Morgan fingerprint density at radius 3 is 3.00 bits per heavy atom. The van der Waals surface area contributed by atoms with E-state index in [0.29, 0.717) is 17.1 Å². The van der Waals surface area contributed by atoms with E-state index in [9.17, 15) is 4.79 Å². The van der Waals surface area contributed by atoms with Crippen LogP contribution in [0, 0.1) is 11.8 Å². The highest BCUT2D eigenvalue weighted by molar-refractivity contribution is 9.10. The summed E-state index contributed by atoms with van der Waals surface area (Å²) in [5, 5.41) is 7.68. The molecular formula is C14H18BrN3O. The van der Waals surface area contributed by atoms with Crippen LogP contribution >= 0.6 is 15.9 Å². The van der Waals surface area contributed by atoms with Gasteiger partial charge >= 0.3 is 0 Å². The predicted molar refractivity (Wildman–Crippen MR) is 79.3 cm³/mol. The minimum atomic E-state index is -0.104. The van der Waals surface area contributed by atoms with Crippen LogP contribution in [0.2, 0.25) is 0 Å². The standard InChI is InChI=1S/C14H18BrN3O/c1-2-5-18-14(19)13(15)12(8-16-18)17-11-7-9-3-4-10(11)6-9/h2,8-11,17H,1,3-7H2. The lowest BCUT2D eigenvalue weighted by atomic mass is 9.95. The van der Waals surface area contributed by atoms with E-state index in [1.165, 1.54) is 30.4 Å². The van der Waals surface area contributed by atoms with Gasteiger partial charge in [0.1, 0.15) is 4.47 Å². The van der Waals surface area contributed by atoms with Gasteiger partial charge in [-0.05, 0) is 47.0 Å². The third kappa shape index (κ3) is 2.36. The minimum absolute atomic E-state index is 0.104. The number of halogens is 1. The molecule has 2 aliphatic carbocycles. The molecule has 0 amide bonds. The van der Waals surface area contributed by atoms with Crippen molar-refractivity contribution in [1.82, 2.24) is 9.78 Å². The van der Waals surface area contributed by atoms with Gasteiger partial charge in [-0.3, -0.25) is 4.79 Å². The van der Waals surface area contributed by atoms with Gasteiger partial charge in [0.2, 0.25) is 0 Å². The van der Waals surface area contributed by atoms with E-state index in [2.05, 4.69) is 32.9 Å². The molecule has 2 saturated carbocycles. The molecule has 3 rings (SSSR count). The first-order chi connectivity index (χ1) is 9.19. The van der Waals surface area contributed by atoms with Crippen LogP contribution in [0.15, 0.2) is 28.1 Å². The third-order valence-electron chi connectivity index (χ3n) is 4.37. The number of nitrogens with one attached hydrogen (secondary N) is 1. The summed E-state index contributed by atoms with van der Waals surface area (Å²) in [6.07, 6.45) is 8.68. The van der Waals surface area contributed by atoms with Gasteiger partial charge in [0.15, 0.2) is 0 Å². The molecule has 1 heterocycles.